The van der Waals surface area contributed by atoms with E-state index in [1.165, 1.54) is 11.8 Å². The summed E-state index contributed by atoms with van der Waals surface area (Å²) in [5.41, 5.74) is 1.76. The van der Waals surface area contributed by atoms with Crippen molar-refractivity contribution in [3.63, 3.8) is 0 Å². The fourth-order valence-electron chi connectivity index (χ4n) is 2.33. The third-order valence-electron chi connectivity index (χ3n) is 3.62. The summed E-state index contributed by atoms with van der Waals surface area (Å²) in [6, 6.07) is 14.7. The van der Waals surface area contributed by atoms with Crippen molar-refractivity contribution in [1.82, 2.24) is 25.2 Å². The van der Waals surface area contributed by atoms with Crippen LogP contribution in [0.25, 0.3) is 5.69 Å². The first-order chi connectivity index (χ1) is 13.7. The SMILES string of the molecule is Clc1ccc(OCc2nc(CSc3nnnn3-c3cccc(Cl)c3)cs2)cc1. The summed E-state index contributed by atoms with van der Waals surface area (Å²) in [4.78, 5) is 4.61. The van der Waals surface area contributed by atoms with Crippen molar-refractivity contribution in [2.45, 2.75) is 17.5 Å². The van der Waals surface area contributed by atoms with Gasteiger partial charge in [-0.25, -0.2) is 4.98 Å². The molecule has 0 saturated heterocycles. The van der Waals surface area contributed by atoms with Gasteiger partial charge in [-0.1, -0.05) is 41.0 Å². The van der Waals surface area contributed by atoms with E-state index in [0.717, 1.165) is 22.1 Å². The molecule has 0 N–H and O–H groups in total. The van der Waals surface area contributed by atoms with Gasteiger partial charge in [0.15, 0.2) is 0 Å². The summed E-state index contributed by atoms with van der Waals surface area (Å²) in [5.74, 6) is 1.41. The molecular formula is C18H13Cl2N5OS2. The van der Waals surface area contributed by atoms with E-state index in [4.69, 9.17) is 27.9 Å². The first-order valence-corrected chi connectivity index (χ1v) is 10.8. The average Bonchev–Trinajstić information content (AvgIpc) is 3.35. The van der Waals surface area contributed by atoms with Crippen molar-refractivity contribution in [1.29, 1.82) is 0 Å². The molecule has 0 aliphatic carbocycles. The molecule has 2 aromatic heterocycles. The van der Waals surface area contributed by atoms with Crippen molar-refractivity contribution in [2.24, 2.45) is 0 Å². The van der Waals surface area contributed by atoms with Crippen molar-refractivity contribution in [3.8, 4) is 11.4 Å². The van der Waals surface area contributed by atoms with Crippen molar-refractivity contribution >= 4 is 46.3 Å². The number of thioether (sulfide) groups is 1. The van der Waals surface area contributed by atoms with Crippen LogP contribution in [0.1, 0.15) is 10.7 Å². The third kappa shape index (κ3) is 4.82. The number of ether oxygens (including phenoxy) is 1. The van der Waals surface area contributed by atoms with Crippen LogP contribution in [0.3, 0.4) is 0 Å². The molecule has 0 radical (unpaired) electrons. The summed E-state index contributed by atoms with van der Waals surface area (Å²) >= 11 is 15.0. The van der Waals surface area contributed by atoms with E-state index in [1.54, 1.807) is 28.2 Å². The second-order valence-corrected chi connectivity index (χ2v) is 8.38. The Morgan fingerprint density at radius 1 is 1.07 bits per heavy atom. The number of thiazole rings is 1. The lowest BCUT2D eigenvalue weighted by atomic mass is 10.3. The molecule has 0 atom stereocenters. The van der Waals surface area contributed by atoms with Crippen molar-refractivity contribution in [3.05, 3.63) is 74.7 Å². The minimum Gasteiger partial charge on any atom is -0.486 e. The standard InChI is InChI=1S/C18H13Cl2N5OS2/c19-12-4-6-16(7-5-12)26-9-17-21-14(10-27-17)11-28-18-22-23-24-25(18)15-3-1-2-13(20)8-15/h1-8,10H,9,11H2. The molecule has 0 saturated carbocycles. The van der Waals surface area contributed by atoms with Crippen LogP contribution in [-0.4, -0.2) is 25.2 Å². The molecule has 4 rings (SSSR count). The van der Waals surface area contributed by atoms with Crippen LogP contribution in [0.2, 0.25) is 10.0 Å². The minimum absolute atomic E-state index is 0.414. The highest BCUT2D eigenvalue weighted by molar-refractivity contribution is 7.98. The van der Waals surface area contributed by atoms with Gasteiger partial charge in [-0.3, -0.25) is 0 Å². The molecule has 10 heteroatoms. The van der Waals surface area contributed by atoms with Crippen LogP contribution in [0.5, 0.6) is 5.75 Å². The zero-order valence-electron chi connectivity index (χ0n) is 14.3. The highest BCUT2D eigenvalue weighted by Crippen LogP contribution is 2.25. The number of nitrogens with zero attached hydrogens (tertiary/aromatic N) is 5. The Morgan fingerprint density at radius 3 is 2.75 bits per heavy atom. The fraction of sp³-hybridized carbons (Fsp3) is 0.111. The maximum atomic E-state index is 6.06. The molecule has 0 bridgehead atoms. The van der Waals surface area contributed by atoms with Gasteiger partial charge >= 0.3 is 0 Å². The number of benzene rings is 2. The predicted octanol–water partition coefficient (Wildman–Crippen LogP) is 5.30. The summed E-state index contributed by atoms with van der Waals surface area (Å²) in [5, 5.41) is 16.8. The van der Waals surface area contributed by atoms with Crippen LogP contribution < -0.4 is 4.74 Å². The Kier molecular flexibility index (Phi) is 6.11. The van der Waals surface area contributed by atoms with Crippen LogP contribution >= 0.6 is 46.3 Å². The summed E-state index contributed by atoms with van der Waals surface area (Å²) < 4.78 is 7.39. The molecule has 0 aliphatic rings. The van der Waals surface area contributed by atoms with Crippen molar-refractivity contribution < 1.29 is 4.74 Å². The summed E-state index contributed by atoms with van der Waals surface area (Å²) in [7, 11) is 0. The Labute approximate surface area is 179 Å². The van der Waals surface area contributed by atoms with E-state index in [1.807, 2.05) is 41.8 Å². The van der Waals surface area contributed by atoms with Crippen LogP contribution in [-0.2, 0) is 12.4 Å². The van der Waals surface area contributed by atoms with Gasteiger partial charge in [0.25, 0.3) is 0 Å². The molecule has 4 aromatic rings. The molecule has 0 amide bonds. The largest absolute Gasteiger partial charge is 0.486 e. The Bertz CT molecular complexity index is 1070. The topological polar surface area (TPSA) is 65.7 Å². The van der Waals surface area contributed by atoms with Gasteiger partial charge in [-0.15, -0.1) is 16.4 Å². The molecule has 0 spiro atoms. The maximum Gasteiger partial charge on any atom is 0.214 e. The van der Waals surface area contributed by atoms with E-state index < -0.39 is 0 Å². The number of tetrazole rings is 1. The van der Waals surface area contributed by atoms with E-state index in [9.17, 15) is 0 Å². The van der Waals surface area contributed by atoms with E-state index in [-0.39, 0.29) is 0 Å². The molecule has 2 aromatic carbocycles. The Morgan fingerprint density at radius 2 is 1.93 bits per heavy atom. The molecule has 142 valence electrons. The monoisotopic (exact) mass is 449 g/mol. The minimum atomic E-state index is 0.414. The molecule has 6 nitrogen and oxygen atoms in total. The molecule has 0 aliphatic heterocycles. The van der Waals surface area contributed by atoms with Gasteiger partial charge in [0, 0.05) is 21.2 Å². The van der Waals surface area contributed by atoms with Gasteiger partial charge < -0.3 is 4.74 Å². The smallest absolute Gasteiger partial charge is 0.214 e. The van der Waals surface area contributed by atoms with Crippen LogP contribution in [0, 0.1) is 0 Å². The van der Waals surface area contributed by atoms with Gasteiger partial charge in [0.05, 0.1) is 11.4 Å². The number of halogens is 2. The van der Waals surface area contributed by atoms with E-state index in [2.05, 4.69) is 20.5 Å². The lowest BCUT2D eigenvalue weighted by molar-refractivity contribution is 0.305. The second-order valence-electron chi connectivity index (χ2n) is 5.62. The number of rotatable bonds is 7. The quantitative estimate of drug-likeness (QED) is 0.356. The van der Waals surface area contributed by atoms with Gasteiger partial charge in [0.1, 0.15) is 17.4 Å². The zero-order valence-corrected chi connectivity index (χ0v) is 17.5. The van der Waals surface area contributed by atoms with Gasteiger partial charge in [-0.05, 0) is 52.9 Å². The first kappa shape index (κ1) is 19.2. The van der Waals surface area contributed by atoms with Gasteiger partial charge in [0.2, 0.25) is 5.16 Å². The summed E-state index contributed by atoms with van der Waals surface area (Å²) in [6.07, 6.45) is 0. The lowest BCUT2D eigenvalue weighted by Gasteiger charge is -2.04. The Balaban J connectivity index is 1.36. The average molecular weight is 450 g/mol. The zero-order chi connectivity index (χ0) is 19.3. The van der Waals surface area contributed by atoms with Gasteiger partial charge in [-0.2, -0.15) is 4.68 Å². The second kappa shape index (κ2) is 8.91. The predicted molar refractivity (Wildman–Crippen MR) is 112 cm³/mol. The maximum absolute atomic E-state index is 6.06. The number of hydrogen-bond acceptors (Lipinski definition) is 7. The fourth-order valence-corrected chi connectivity index (χ4v) is 4.24. The normalized spacial score (nSPS) is 10.9. The van der Waals surface area contributed by atoms with Crippen LogP contribution in [0.15, 0.2) is 59.1 Å². The van der Waals surface area contributed by atoms with E-state index >= 15 is 0 Å². The number of hydrogen-bond donors (Lipinski definition) is 0. The van der Waals surface area contributed by atoms with Crippen molar-refractivity contribution in [2.75, 3.05) is 0 Å². The molecular weight excluding hydrogens is 437 g/mol. The highest BCUT2D eigenvalue weighted by atomic mass is 35.5. The number of aromatic nitrogens is 5. The lowest BCUT2D eigenvalue weighted by Crippen LogP contribution is -1.99. The summed E-state index contributed by atoms with van der Waals surface area (Å²) in [6.45, 7) is 0.414. The first-order valence-electron chi connectivity index (χ1n) is 8.16. The van der Waals surface area contributed by atoms with Crippen LogP contribution in [0.4, 0.5) is 0 Å². The molecule has 2 heterocycles. The molecule has 0 fully saturated rings. The van der Waals surface area contributed by atoms with E-state index in [0.29, 0.717) is 27.6 Å². The third-order valence-corrected chi connectivity index (χ3v) is 5.93. The highest BCUT2D eigenvalue weighted by Gasteiger charge is 2.11. The molecule has 28 heavy (non-hydrogen) atoms. The molecule has 0 unspecified atom stereocenters. The Hall–Kier alpha value is -2.13.